The van der Waals surface area contributed by atoms with Gasteiger partial charge in [-0.3, -0.25) is 0 Å². The Kier molecular flexibility index (Phi) is 5.35. The maximum absolute atomic E-state index is 14.3. The summed E-state index contributed by atoms with van der Waals surface area (Å²) in [5.41, 5.74) is 1.68. The molecule has 0 saturated heterocycles. The van der Waals surface area contributed by atoms with E-state index in [1.807, 2.05) is 12.1 Å². The van der Waals surface area contributed by atoms with Gasteiger partial charge in [0.1, 0.15) is 24.0 Å². The molecular weight excluding hydrogens is 395 g/mol. The molecule has 3 aromatic rings. The van der Waals surface area contributed by atoms with Crippen LogP contribution in [-0.4, -0.2) is 31.6 Å². The molecule has 0 saturated carbocycles. The minimum absolute atomic E-state index is 0.0516. The zero-order valence-corrected chi connectivity index (χ0v) is 16.4. The van der Waals surface area contributed by atoms with Gasteiger partial charge >= 0.3 is 0 Å². The molecule has 3 rings (SSSR count). The summed E-state index contributed by atoms with van der Waals surface area (Å²) in [5, 5.41) is 23.1. The van der Waals surface area contributed by atoms with Crippen molar-refractivity contribution in [2.75, 3.05) is 13.4 Å². The van der Waals surface area contributed by atoms with Crippen molar-refractivity contribution in [1.29, 1.82) is 10.5 Å². The standard InChI is InChI=1S/C20H15FN4O3S/c1-28-18-8-5-14(11-16(18)21)19-17(12-23)25(10-9-22)24-20(19)13-3-6-15(7-4-13)29(2,26)27/h3-8,11H,10H2,1-2H3. The van der Waals surface area contributed by atoms with Crippen molar-refractivity contribution in [1.82, 2.24) is 9.78 Å². The summed E-state index contributed by atoms with van der Waals surface area (Å²) >= 11 is 0. The van der Waals surface area contributed by atoms with E-state index in [1.165, 1.54) is 36.1 Å². The van der Waals surface area contributed by atoms with Crippen LogP contribution in [0.5, 0.6) is 5.75 Å². The highest BCUT2D eigenvalue weighted by Gasteiger charge is 2.22. The predicted octanol–water partition coefficient (Wildman–Crippen LogP) is 3.16. The maximum Gasteiger partial charge on any atom is 0.175 e. The summed E-state index contributed by atoms with van der Waals surface area (Å²) in [6.07, 6.45) is 1.10. The summed E-state index contributed by atoms with van der Waals surface area (Å²) in [5.74, 6) is -0.559. The number of nitrogens with zero attached hydrogens (tertiary/aromatic N) is 4. The number of benzene rings is 2. The normalized spacial score (nSPS) is 10.9. The van der Waals surface area contributed by atoms with Gasteiger partial charge in [0.25, 0.3) is 0 Å². The van der Waals surface area contributed by atoms with Gasteiger partial charge in [0.2, 0.25) is 0 Å². The van der Waals surface area contributed by atoms with Crippen LogP contribution >= 0.6 is 0 Å². The minimum atomic E-state index is -3.38. The van der Waals surface area contributed by atoms with Crippen molar-refractivity contribution in [2.24, 2.45) is 0 Å². The van der Waals surface area contributed by atoms with Gasteiger partial charge in [-0.2, -0.15) is 15.6 Å². The van der Waals surface area contributed by atoms with E-state index in [9.17, 15) is 18.1 Å². The number of rotatable bonds is 5. The first-order valence-electron chi connectivity index (χ1n) is 8.32. The van der Waals surface area contributed by atoms with Crippen molar-refractivity contribution in [3.63, 3.8) is 0 Å². The quantitative estimate of drug-likeness (QED) is 0.639. The van der Waals surface area contributed by atoms with Gasteiger partial charge in [-0.05, 0) is 29.8 Å². The SMILES string of the molecule is COc1ccc(-c2c(-c3ccc(S(C)(=O)=O)cc3)nn(CC#N)c2C#N)cc1F. The number of halogens is 1. The van der Waals surface area contributed by atoms with E-state index in [0.29, 0.717) is 22.4 Å². The molecule has 1 aromatic heterocycles. The third-order valence-electron chi connectivity index (χ3n) is 4.28. The van der Waals surface area contributed by atoms with Gasteiger partial charge in [-0.1, -0.05) is 18.2 Å². The van der Waals surface area contributed by atoms with Gasteiger partial charge in [-0.25, -0.2) is 17.5 Å². The second-order valence-corrected chi connectivity index (χ2v) is 8.16. The van der Waals surface area contributed by atoms with Crippen LogP contribution in [0.4, 0.5) is 4.39 Å². The molecule has 0 aliphatic rings. The van der Waals surface area contributed by atoms with Gasteiger partial charge in [-0.15, -0.1) is 0 Å². The molecule has 0 N–H and O–H groups in total. The van der Waals surface area contributed by atoms with Crippen molar-refractivity contribution in [2.45, 2.75) is 11.4 Å². The molecule has 0 fully saturated rings. The van der Waals surface area contributed by atoms with E-state index in [-0.39, 0.29) is 22.9 Å². The number of hydrogen-bond donors (Lipinski definition) is 0. The van der Waals surface area contributed by atoms with Gasteiger partial charge in [0.05, 0.1) is 18.1 Å². The minimum Gasteiger partial charge on any atom is -0.494 e. The number of hydrogen-bond acceptors (Lipinski definition) is 6. The summed E-state index contributed by atoms with van der Waals surface area (Å²) in [6.45, 7) is -0.171. The number of sulfone groups is 1. The Bertz CT molecular complexity index is 1270. The van der Waals surface area contributed by atoms with Crippen molar-refractivity contribution < 1.29 is 17.5 Å². The van der Waals surface area contributed by atoms with Crippen LogP contribution in [-0.2, 0) is 16.4 Å². The van der Waals surface area contributed by atoms with Crippen LogP contribution < -0.4 is 4.74 Å². The fourth-order valence-corrected chi connectivity index (χ4v) is 3.54. The Labute approximate surface area is 167 Å². The first-order valence-corrected chi connectivity index (χ1v) is 10.2. The van der Waals surface area contributed by atoms with Crippen molar-refractivity contribution in [3.05, 3.63) is 54.0 Å². The Morgan fingerprint density at radius 1 is 1.14 bits per heavy atom. The molecule has 0 aliphatic heterocycles. The molecule has 0 bridgehead atoms. The highest BCUT2D eigenvalue weighted by molar-refractivity contribution is 7.90. The Morgan fingerprint density at radius 2 is 1.79 bits per heavy atom. The van der Waals surface area contributed by atoms with E-state index in [1.54, 1.807) is 18.2 Å². The van der Waals surface area contributed by atoms with E-state index in [2.05, 4.69) is 5.10 Å². The molecule has 9 heteroatoms. The first-order chi connectivity index (χ1) is 13.8. The van der Waals surface area contributed by atoms with Crippen LogP contribution in [0.15, 0.2) is 47.4 Å². The fraction of sp³-hybridized carbons (Fsp3) is 0.150. The molecule has 7 nitrogen and oxygen atoms in total. The molecule has 29 heavy (non-hydrogen) atoms. The zero-order valence-electron chi connectivity index (χ0n) is 15.5. The lowest BCUT2D eigenvalue weighted by Crippen LogP contribution is -2.01. The Balaban J connectivity index is 2.26. The molecule has 2 aromatic carbocycles. The molecule has 0 spiro atoms. The smallest absolute Gasteiger partial charge is 0.175 e. The lowest BCUT2D eigenvalue weighted by Gasteiger charge is -2.07. The van der Waals surface area contributed by atoms with Crippen LogP contribution in [0.1, 0.15) is 5.69 Å². The third-order valence-corrected chi connectivity index (χ3v) is 5.40. The summed E-state index contributed by atoms with van der Waals surface area (Å²) in [6, 6.07) is 14.2. The third kappa shape index (κ3) is 3.82. The monoisotopic (exact) mass is 410 g/mol. The molecule has 0 amide bonds. The van der Waals surface area contributed by atoms with E-state index >= 15 is 0 Å². The molecular formula is C20H15FN4O3S. The fourth-order valence-electron chi connectivity index (χ4n) is 2.91. The topological polar surface area (TPSA) is 109 Å². The van der Waals surface area contributed by atoms with E-state index in [0.717, 1.165) is 6.26 Å². The summed E-state index contributed by atoms with van der Waals surface area (Å²) in [7, 11) is -2.03. The Morgan fingerprint density at radius 3 is 2.31 bits per heavy atom. The highest BCUT2D eigenvalue weighted by Crippen LogP contribution is 2.36. The first kappa shape index (κ1) is 20.1. The Hall–Kier alpha value is -3.69. The molecule has 0 radical (unpaired) electrons. The molecule has 0 aliphatic carbocycles. The molecule has 0 unspecified atom stereocenters. The zero-order chi connectivity index (χ0) is 21.2. The van der Waals surface area contributed by atoms with Crippen LogP contribution in [0.3, 0.4) is 0 Å². The average Bonchev–Trinajstić information content (AvgIpc) is 3.06. The van der Waals surface area contributed by atoms with Crippen LogP contribution in [0.25, 0.3) is 22.4 Å². The summed E-state index contributed by atoms with van der Waals surface area (Å²) < 4.78 is 43.9. The lowest BCUT2D eigenvalue weighted by atomic mass is 9.99. The highest BCUT2D eigenvalue weighted by atomic mass is 32.2. The number of ether oxygens (including phenoxy) is 1. The van der Waals surface area contributed by atoms with Crippen molar-refractivity contribution in [3.8, 4) is 40.3 Å². The largest absolute Gasteiger partial charge is 0.494 e. The van der Waals surface area contributed by atoms with E-state index in [4.69, 9.17) is 10.00 Å². The van der Waals surface area contributed by atoms with Gasteiger partial charge in [0, 0.05) is 17.4 Å². The number of nitriles is 2. The van der Waals surface area contributed by atoms with Gasteiger partial charge < -0.3 is 4.74 Å². The second-order valence-electron chi connectivity index (χ2n) is 6.15. The predicted molar refractivity (Wildman–Crippen MR) is 103 cm³/mol. The molecule has 0 atom stereocenters. The van der Waals surface area contributed by atoms with Crippen molar-refractivity contribution >= 4 is 9.84 Å². The maximum atomic E-state index is 14.3. The van der Waals surface area contributed by atoms with Crippen LogP contribution in [0.2, 0.25) is 0 Å². The number of aromatic nitrogens is 2. The van der Waals surface area contributed by atoms with E-state index < -0.39 is 15.7 Å². The average molecular weight is 410 g/mol. The van der Waals surface area contributed by atoms with Gasteiger partial charge in [0.15, 0.2) is 21.4 Å². The van der Waals surface area contributed by atoms with Crippen LogP contribution in [0, 0.1) is 28.5 Å². The second kappa shape index (κ2) is 7.74. The number of methoxy groups -OCH3 is 1. The lowest BCUT2D eigenvalue weighted by molar-refractivity contribution is 0.386. The molecule has 146 valence electrons. The molecule has 1 heterocycles. The summed E-state index contributed by atoms with van der Waals surface area (Å²) in [4.78, 5) is 0.134.